The van der Waals surface area contributed by atoms with Crippen LogP contribution < -0.4 is 0 Å². The minimum Gasteiger partial charge on any atom is -0.493 e. The Morgan fingerprint density at radius 2 is 1.94 bits per heavy atom. The van der Waals surface area contributed by atoms with Crippen molar-refractivity contribution in [1.82, 2.24) is 0 Å². The third-order valence-corrected chi connectivity index (χ3v) is 2.95. The number of rotatable bonds is 4. The Morgan fingerprint density at radius 3 is 2.56 bits per heavy atom. The molecule has 1 aromatic carbocycles. The maximum absolute atomic E-state index is 10.8. The van der Waals surface area contributed by atoms with Crippen LogP contribution in [0.4, 0.5) is 4.79 Å². The van der Waals surface area contributed by atoms with E-state index >= 15 is 0 Å². The molecule has 1 aliphatic heterocycles. The van der Waals surface area contributed by atoms with Gasteiger partial charge in [0, 0.05) is 0 Å². The molecule has 0 aromatic heterocycles. The smallest absolute Gasteiger partial charge is 0.493 e. The molecular formula is C14H16O4. The van der Waals surface area contributed by atoms with Crippen molar-refractivity contribution in [1.29, 1.82) is 0 Å². The summed E-state index contributed by atoms with van der Waals surface area (Å²) < 4.78 is 15.4. The van der Waals surface area contributed by atoms with E-state index in [4.69, 9.17) is 14.2 Å². The van der Waals surface area contributed by atoms with Crippen molar-refractivity contribution >= 4 is 6.16 Å². The van der Waals surface area contributed by atoms with Crippen molar-refractivity contribution in [2.75, 3.05) is 13.2 Å². The van der Waals surface area contributed by atoms with Gasteiger partial charge in [-0.05, 0) is 12.5 Å². The van der Waals surface area contributed by atoms with Crippen LogP contribution in [0, 0.1) is 5.41 Å². The fraction of sp³-hybridized carbons (Fsp3) is 0.357. The van der Waals surface area contributed by atoms with Gasteiger partial charge >= 0.3 is 6.16 Å². The maximum atomic E-state index is 10.8. The summed E-state index contributed by atoms with van der Waals surface area (Å²) in [5.41, 5.74) is 0.582. The van der Waals surface area contributed by atoms with Crippen molar-refractivity contribution in [2.24, 2.45) is 5.41 Å². The molecule has 1 heterocycles. The van der Waals surface area contributed by atoms with Gasteiger partial charge in [0.2, 0.25) is 0 Å². The Labute approximate surface area is 106 Å². The molecule has 2 rings (SSSR count). The van der Waals surface area contributed by atoms with Gasteiger partial charge in [-0.25, -0.2) is 4.79 Å². The molecule has 1 aromatic rings. The molecule has 0 aliphatic carbocycles. The Kier molecular flexibility index (Phi) is 3.55. The van der Waals surface area contributed by atoms with E-state index in [9.17, 15) is 4.79 Å². The van der Waals surface area contributed by atoms with Crippen LogP contribution in [-0.2, 0) is 20.8 Å². The molecule has 1 saturated heterocycles. The Morgan fingerprint density at radius 1 is 1.33 bits per heavy atom. The summed E-state index contributed by atoms with van der Waals surface area (Å²) in [7, 11) is 0. The van der Waals surface area contributed by atoms with Crippen molar-refractivity contribution in [3.8, 4) is 0 Å². The van der Waals surface area contributed by atoms with Gasteiger partial charge in [-0.1, -0.05) is 36.9 Å². The van der Waals surface area contributed by atoms with E-state index in [1.54, 1.807) is 0 Å². The van der Waals surface area contributed by atoms with Crippen LogP contribution in [0.3, 0.4) is 0 Å². The molecule has 0 saturated carbocycles. The Hall–Kier alpha value is -1.97. The zero-order valence-electron chi connectivity index (χ0n) is 10.3. The number of hydrogen-bond acceptors (Lipinski definition) is 4. The minimum absolute atomic E-state index is 0.236. The zero-order chi connectivity index (χ0) is 13.0. The Balaban J connectivity index is 1.90. The lowest BCUT2D eigenvalue weighted by atomic mass is 9.90. The molecule has 4 nitrogen and oxygen atoms in total. The molecule has 0 radical (unpaired) electrons. The van der Waals surface area contributed by atoms with Crippen LogP contribution in [0.25, 0.3) is 0 Å². The van der Waals surface area contributed by atoms with Crippen LogP contribution >= 0.6 is 0 Å². The molecule has 0 unspecified atom stereocenters. The van der Waals surface area contributed by atoms with Gasteiger partial charge in [-0.3, -0.25) is 0 Å². The van der Waals surface area contributed by atoms with Crippen molar-refractivity contribution < 1.29 is 19.0 Å². The van der Waals surface area contributed by atoms with Crippen molar-refractivity contribution in [2.45, 2.75) is 13.5 Å². The highest BCUT2D eigenvalue weighted by molar-refractivity contribution is 5.60. The number of benzene rings is 1. The topological polar surface area (TPSA) is 44.8 Å². The maximum Gasteiger partial charge on any atom is 0.508 e. The average molecular weight is 248 g/mol. The zero-order valence-corrected chi connectivity index (χ0v) is 10.3. The van der Waals surface area contributed by atoms with Gasteiger partial charge < -0.3 is 14.2 Å². The lowest BCUT2D eigenvalue weighted by molar-refractivity contribution is -0.0586. The third kappa shape index (κ3) is 2.83. The summed E-state index contributed by atoms with van der Waals surface area (Å²) in [5.74, 6) is 0.568. The first-order chi connectivity index (χ1) is 8.60. The number of cyclic esters (lactones) is 2. The molecule has 18 heavy (non-hydrogen) atoms. The third-order valence-electron chi connectivity index (χ3n) is 2.95. The summed E-state index contributed by atoms with van der Waals surface area (Å²) in [6, 6.07) is 9.82. The number of ether oxygens (including phenoxy) is 3. The summed E-state index contributed by atoms with van der Waals surface area (Å²) in [5, 5.41) is 0. The van der Waals surface area contributed by atoms with Crippen LogP contribution in [0.2, 0.25) is 0 Å². The van der Waals surface area contributed by atoms with Gasteiger partial charge in [0.15, 0.2) is 0 Å². The summed E-state index contributed by atoms with van der Waals surface area (Å²) in [6.07, 6.45) is -0.636. The summed E-state index contributed by atoms with van der Waals surface area (Å²) in [4.78, 5) is 10.8. The van der Waals surface area contributed by atoms with Crippen molar-refractivity contribution in [3.05, 3.63) is 48.2 Å². The molecule has 4 heteroatoms. The monoisotopic (exact) mass is 248 g/mol. The fourth-order valence-electron chi connectivity index (χ4n) is 1.60. The molecule has 96 valence electrons. The highest BCUT2D eigenvalue weighted by Crippen LogP contribution is 2.31. The highest BCUT2D eigenvalue weighted by Gasteiger charge is 2.37. The predicted molar refractivity (Wildman–Crippen MR) is 65.8 cm³/mol. The SMILES string of the molecule is C=C(OCc1ccccc1)C1(C)COC(=O)OC1. The first kappa shape index (κ1) is 12.5. The molecule has 0 amide bonds. The van der Waals surface area contributed by atoms with Gasteiger partial charge in [0.1, 0.15) is 25.6 Å². The number of carbonyl (C=O) groups is 1. The van der Waals surface area contributed by atoms with Gasteiger partial charge in [0.05, 0.1) is 5.41 Å². The molecule has 0 atom stereocenters. The van der Waals surface area contributed by atoms with E-state index in [-0.39, 0.29) is 13.2 Å². The van der Waals surface area contributed by atoms with E-state index in [0.29, 0.717) is 12.4 Å². The quantitative estimate of drug-likeness (QED) is 0.607. The summed E-state index contributed by atoms with van der Waals surface area (Å²) in [6.45, 7) is 6.71. The highest BCUT2D eigenvalue weighted by atomic mass is 16.7. The van der Waals surface area contributed by atoms with Crippen molar-refractivity contribution in [3.63, 3.8) is 0 Å². The average Bonchev–Trinajstić information content (AvgIpc) is 2.41. The van der Waals surface area contributed by atoms with Gasteiger partial charge in [0.25, 0.3) is 0 Å². The number of carbonyl (C=O) groups excluding carboxylic acids is 1. The van der Waals surface area contributed by atoms with Crippen LogP contribution in [0.1, 0.15) is 12.5 Å². The van der Waals surface area contributed by atoms with E-state index in [1.165, 1.54) is 0 Å². The number of hydrogen-bond donors (Lipinski definition) is 0. The summed E-state index contributed by atoms with van der Waals surface area (Å²) >= 11 is 0. The van der Waals surface area contributed by atoms with E-state index < -0.39 is 11.6 Å². The second-order valence-electron chi connectivity index (χ2n) is 4.59. The normalized spacial score (nSPS) is 17.5. The van der Waals surface area contributed by atoms with Crippen LogP contribution in [0.15, 0.2) is 42.7 Å². The fourth-order valence-corrected chi connectivity index (χ4v) is 1.60. The second-order valence-corrected chi connectivity index (χ2v) is 4.59. The lowest BCUT2D eigenvalue weighted by Crippen LogP contribution is -2.38. The minimum atomic E-state index is -0.636. The lowest BCUT2D eigenvalue weighted by Gasteiger charge is -2.33. The van der Waals surface area contributed by atoms with E-state index in [1.807, 2.05) is 37.3 Å². The predicted octanol–water partition coefficient (Wildman–Crippen LogP) is 2.89. The molecule has 1 fully saturated rings. The molecular weight excluding hydrogens is 232 g/mol. The van der Waals surface area contributed by atoms with E-state index in [2.05, 4.69) is 6.58 Å². The van der Waals surface area contributed by atoms with Crippen LogP contribution in [-0.4, -0.2) is 19.4 Å². The van der Waals surface area contributed by atoms with Gasteiger partial charge in [-0.15, -0.1) is 0 Å². The molecule has 1 aliphatic rings. The molecule has 0 N–H and O–H groups in total. The Bertz CT molecular complexity index is 428. The standard InChI is InChI=1S/C14H16O4/c1-11(14(2)9-17-13(15)18-10-14)16-8-12-6-4-3-5-7-12/h3-7H,1,8-10H2,2H3. The molecule has 0 bridgehead atoms. The first-order valence-corrected chi connectivity index (χ1v) is 5.76. The second kappa shape index (κ2) is 5.12. The largest absolute Gasteiger partial charge is 0.508 e. The first-order valence-electron chi connectivity index (χ1n) is 5.76. The van der Waals surface area contributed by atoms with Crippen LogP contribution in [0.5, 0.6) is 0 Å². The molecule has 0 spiro atoms. The van der Waals surface area contributed by atoms with Gasteiger partial charge in [-0.2, -0.15) is 0 Å². The van der Waals surface area contributed by atoms with E-state index in [0.717, 1.165) is 5.56 Å².